The van der Waals surface area contributed by atoms with E-state index in [1.54, 1.807) is 23.5 Å². The average Bonchev–Trinajstić information content (AvgIpc) is 3.66. The van der Waals surface area contributed by atoms with Crippen LogP contribution in [0.2, 0.25) is 5.02 Å². The molecule has 6 rings (SSSR count). The first-order valence-electron chi connectivity index (χ1n) is 13.7. The summed E-state index contributed by atoms with van der Waals surface area (Å²) in [5, 5.41) is 16.2. The maximum absolute atomic E-state index is 11.9. The maximum Gasteiger partial charge on any atom is 0.356 e. The van der Waals surface area contributed by atoms with Gasteiger partial charge in [-0.1, -0.05) is 81.1 Å². The van der Waals surface area contributed by atoms with E-state index in [1.807, 2.05) is 34.9 Å². The van der Waals surface area contributed by atoms with Crippen molar-refractivity contribution in [1.82, 2.24) is 24.3 Å². The molecule has 0 saturated heterocycles. The fraction of sp³-hybridized carbons (Fsp3) is 0.419. The minimum atomic E-state index is -0.908. The molecule has 3 atom stereocenters. The number of imidazole rings is 1. The Hall–Kier alpha value is -3.49. The third-order valence-electron chi connectivity index (χ3n) is 8.26. The molecule has 2 heterocycles. The van der Waals surface area contributed by atoms with Crippen molar-refractivity contribution in [2.75, 3.05) is 7.11 Å². The van der Waals surface area contributed by atoms with E-state index in [-0.39, 0.29) is 23.5 Å². The van der Waals surface area contributed by atoms with E-state index in [0.29, 0.717) is 10.7 Å². The van der Waals surface area contributed by atoms with Gasteiger partial charge in [-0.15, -0.1) is 0 Å². The topological polar surface area (TPSA) is 95.1 Å². The number of ether oxygens (including phenoxy) is 1. The lowest BCUT2D eigenvalue weighted by Crippen LogP contribution is -2.36. The fourth-order valence-corrected chi connectivity index (χ4v) is 6.51. The highest BCUT2D eigenvalue weighted by Crippen LogP contribution is 2.48. The molecule has 40 heavy (non-hydrogen) atoms. The van der Waals surface area contributed by atoms with Gasteiger partial charge in [0.15, 0.2) is 0 Å². The molecule has 1 saturated carbocycles. The van der Waals surface area contributed by atoms with Gasteiger partial charge < -0.3 is 14.4 Å². The number of halogens is 1. The van der Waals surface area contributed by atoms with Crippen LogP contribution < -0.4 is 0 Å². The van der Waals surface area contributed by atoms with Crippen LogP contribution in [0.4, 0.5) is 0 Å². The number of aromatic nitrogens is 5. The molecular formula is C31H36ClN5O3. The zero-order valence-corrected chi connectivity index (χ0v) is 24.0. The van der Waals surface area contributed by atoms with Crippen LogP contribution in [0.25, 0.3) is 0 Å². The lowest BCUT2D eigenvalue weighted by Gasteiger charge is -2.35. The SMILES string of the molecule is COC(=O)c1cncn1C1c2ccccc2CC1(C)C.O[C@@]1(c2ccc(Cl)cc2)CCCCC[C@H]1n1cncn1. The number of aliphatic hydroxyl groups is 1. The second kappa shape index (κ2) is 11.6. The zero-order chi connectivity index (χ0) is 28.3. The molecule has 1 fully saturated rings. The van der Waals surface area contributed by atoms with Crippen LogP contribution in [0, 0.1) is 5.41 Å². The molecule has 9 heteroatoms. The Kier molecular flexibility index (Phi) is 8.10. The highest BCUT2D eigenvalue weighted by atomic mass is 35.5. The second-order valence-corrected chi connectivity index (χ2v) is 11.8. The lowest BCUT2D eigenvalue weighted by molar-refractivity contribution is -0.0286. The third kappa shape index (κ3) is 5.43. The second-order valence-electron chi connectivity index (χ2n) is 11.4. The van der Waals surface area contributed by atoms with Crippen molar-refractivity contribution in [2.45, 2.75) is 70.1 Å². The molecule has 0 amide bonds. The molecule has 0 radical (unpaired) electrons. The fourth-order valence-electron chi connectivity index (χ4n) is 6.39. The molecule has 2 aliphatic rings. The Morgan fingerprint density at radius 3 is 2.55 bits per heavy atom. The Labute approximate surface area is 240 Å². The van der Waals surface area contributed by atoms with Crippen LogP contribution in [-0.4, -0.2) is 42.5 Å². The first kappa shape index (κ1) is 28.1. The van der Waals surface area contributed by atoms with Gasteiger partial charge >= 0.3 is 5.97 Å². The van der Waals surface area contributed by atoms with Gasteiger partial charge in [0, 0.05) is 5.02 Å². The van der Waals surface area contributed by atoms with Gasteiger partial charge in [-0.25, -0.2) is 19.4 Å². The molecule has 1 unspecified atom stereocenters. The van der Waals surface area contributed by atoms with Gasteiger partial charge in [0.25, 0.3) is 0 Å². The number of fused-ring (bicyclic) bond motifs is 1. The van der Waals surface area contributed by atoms with E-state index >= 15 is 0 Å². The first-order chi connectivity index (χ1) is 19.2. The Morgan fingerprint density at radius 2 is 1.82 bits per heavy atom. The summed E-state index contributed by atoms with van der Waals surface area (Å²) < 4.78 is 8.58. The summed E-state index contributed by atoms with van der Waals surface area (Å²) in [6.45, 7) is 4.44. The molecule has 0 bridgehead atoms. The van der Waals surface area contributed by atoms with Crippen LogP contribution >= 0.6 is 11.6 Å². The molecule has 2 aromatic carbocycles. The average molecular weight is 562 g/mol. The van der Waals surface area contributed by atoms with Gasteiger partial charge in [0.05, 0.1) is 31.7 Å². The van der Waals surface area contributed by atoms with Crippen LogP contribution in [-0.2, 0) is 16.8 Å². The van der Waals surface area contributed by atoms with E-state index in [9.17, 15) is 9.90 Å². The maximum atomic E-state index is 11.9. The van der Waals surface area contributed by atoms with E-state index in [1.165, 1.54) is 24.6 Å². The molecular weight excluding hydrogens is 526 g/mol. The lowest BCUT2D eigenvalue weighted by atomic mass is 9.82. The predicted molar refractivity (Wildman–Crippen MR) is 153 cm³/mol. The van der Waals surface area contributed by atoms with E-state index < -0.39 is 5.60 Å². The molecule has 0 spiro atoms. The molecule has 4 aromatic rings. The van der Waals surface area contributed by atoms with Crippen molar-refractivity contribution in [3.05, 3.63) is 101 Å². The Balaban J connectivity index is 0.000000161. The van der Waals surface area contributed by atoms with Crippen molar-refractivity contribution in [1.29, 1.82) is 0 Å². The van der Waals surface area contributed by atoms with Crippen LogP contribution in [0.1, 0.15) is 85.2 Å². The zero-order valence-electron chi connectivity index (χ0n) is 23.2. The quantitative estimate of drug-likeness (QED) is 0.237. The predicted octanol–water partition coefficient (Wildman–Crippen LogP) is 6.17. The number of rotatable bonds is 4. The van der Waals surface area contributed by atoms with Crippen molar-refractivity contribution in [2.24, 2.45) is 5.41 Å². The van der Waals surface area contributed by atoms with Gasteiger partial charge in [0.2, 0.25) is 0 Å². The number of nitrogens with zero attached hydrogens (tertiary/aromatic N) is 5. The minimum Gasteiger partial charge on any atom is -0.464 e. The summed E-state index contributed by atoms with van der Waals surface area (Å²) >= 11 is 5.95. The molecule has 210 valence electrons. The van der Waals surface area contributed by atoms with Gasteiger partial charge in [-0.3, -0.25) is 0 Å². The van der Waals surface area contributed by atoms with Crippen LogP contribution in [0.5, 0.6) is 0 Å². The standard InChI is InChI=1S/C16H18N2O2.C15H18ClN3O/c1-16(2)8-11-6-4-5-7-12(11)14(16)18-10-17-9-13(18)15(19)20-3;16-13-7-5-12(6-8-13)15(20)9-3-1-2-4-14(15)19-11-17-10-18-19/h4-7,9-10,14H,8H2,1-3H3;5-8,10-11,14,20H,1-4,9H2/t;14-,15-/m.1/s1. The largest absolute Gasteiger partial charge is 0.464 e. The normalized spacial score (nSPS) is 23.4. The van der Waals surface area contributed by atoms with Gasteiger partial charge in [0.1, 0.15) is 23.9 Å². The smallest absolute Gasteiger partial charge is 0.356 e. The molecule has 0 aliphatic heterocycles. The Bertz CT molecular complexity index is 1430. The number of carbonyl (C=O) groups is 1. The molecule has 2 aromatic heterocycles. The van der Waals surface area contributed by atoms with Crippen molar-refractivity contribution in [3.8, 4) is 0 Å². The number of hydrogen-bond donors (Lipinski definition) is 1. The van der Waals surface area contributed by atoms with Crippen LogP contribution in [0.3, 0.4) is 0 Å². The van der Waals surface area contributed by atoms with E-state index in [2.05, 4.69) is 47.1 Å². The summed E-state index contributed by atoms with van der Waals surface area (Å²) in [6.07, 6.45) is 12.4. The summed E-state index contributed by atoms with van der Waals surface area (Å²) in [5.41, 5.74) is 3.14. The molecule has 8 nitrogen and oxygen atoms in total. The number of esters is 1. The highest BCUT2D eigenvalue weighted by molar-refractivity contribution is 6.30. The monoisotopic (exact) mass is 561 g/mol. The summed E-state index contributed by atoms with van der Waals surface area (Å²) in [6, 6.07) is 15.9. The highest BCUT2D eigenvalue weighted by Gasteiger charge is 2.42. The number of hydrogen-bond acceptors (Lipinski definition) is 6. The Morgan fingerprint density at radius 1 is 1.05 bits per heavy atom. The number of carbonyl (C=O) groups excluding carboxylic acids is 1. The van der Waals surface area contributed by atoms with E-state index in [0.717, 1.165) is 44.1 Å². The minimum absolute atomic E-state index is 0.0349. The van der Waals surface area contributed by atoms with E-state index in [4.69, 9.17) is 16.3 Å². The molecule has 1 N–H and O–H groups in total. The van der Waals surface area contributed by atoms with Crippen LogP contribution in [0.15, 0.2) is 73.7 Å². The summed E-state index contributed by atoms with van der Waals surface area (Å²) in [5.74, 6) is -0.345. The van der Waals surface area contributed by atoms with Gasteiger partial charge in [-0.05, 0) is 53.5 Å². The van der Waals surface area contributed by atoms with Crippen molar-refractivity contribution < 1.29 is 14.6 Å². The third-order valence-corrected chi connectivity index (χ3v) is 8.51. The molecule has 2 aliphatic carbocycles. The van der Waals surface area contributed by atoms with Crippen molar-refractivity contribution in [3.63, 3.8) is 0 Å². The summed E-state index contributed by atoms with van der Waals surface area (Å²) in [7, 11) is 1.40. The summed E-state index contributed by atoms with van der Waals surface area (Å²) in [4.78, 5) is 20.0. The number of benzene rings is 2. The number of methoxy groups -OCH3 is 1. The van der Waals surface area contributed by atoms with Gasteiger partial charge in [-0.2, -0.15) is 5.10 Å². The first-order valence-corrected chi connectivity index (χ1v) is 14.1. The van der Waals surface area contributed by atoms with Crippen molar-refractivity contribution >= 4 is 17.6 Å².